The van der Waals surface area contributed by atoms with Crippen molar-refractivity contribution in [2.24, 2.45) is 0 Å². The van der Waals surface area contributed by atoms with Crippen LogP contribution in [-0.2, 0) is 0 Å². The molecule has 2 amide bonds. The highest BCUT2D eigenvalue weighted by Crippen LogP contribution is 2.22. The number of benzene rings is 2. The molecule has 0 saturated carbocycles. The molecule has 0 radical (unpaired) electrons. The largest absolute Gasteiger partial charge is 0.350 e. The summed E-state index contributed by atoms with van der Waals surface area (Å²) >= 11 is 0. The molecular weight excluding hydrogens is 354 g/mol. The lowest BCUT2D eigenvalue weighted by Crippen LogP contribution is -2.27. The third-order valence-corrected chi connectivity index (χ3v) is 4.92. The average Bonchev–Trinajstić information content (AvgIpc) is 3.42. The van der Waals surface area contributed by atoms with Crippen LogP contribution in [0.15, 0.2) is 59.1 Å². The van der Waals surface area contributed by atoms with Gasteiger partial charge in [-0.05, 0) is 43.5 Å². The zero-order valence-electron chi connectivity index (χ0n) is 15.6. The summed E-state index contributed by atoms with van der Waals surface area (Å²) in [6.07, 6.45) is 2.11. The van der Waals surface area contributed by atoms with Crippen LogP contribution in [0, 0.1) is 6.92 Å². The van der Waals surface area contributed by atoms with Gasteiger partial charge in [0, 0.05) is 36.0 Å². The van der Waals surface area contributed by atoms with E-state index in [0.29, 0.717) is 16.9 Å². The number of nitrogens with zero attached hydrogens (tertiary/aromatic N) is 2. The molecule has 2 aromatic carbocycles. The average molecular weight is 375 g/mol. The second-order valence-corrected chi connectivity index (χ2v) is 6.93. The number of rotatable bonds is 4. The van der Waals surface area contributed by atoms with E-state index in [1.54, 1.807) is 18.2 Å². The summed E-state index contributed by atoms with van der Waals surface area (Å²) in [5.41, 5.74) is 3.59. The fourth-order valence-corrected chi connectivity index (χ4v) is 3.35. The van der Waals surface area contributed by atoms with Crippen molar-refractivity contribution in [3.63, 3.8) is 0 Å². The van der Waals surface area contributed by atoms with Crippen molar-refractivity contribution < 1.29 is 14.1 Å². The lowest BCUT2D eigenvalue weighted by molar-refractivity contribution is 0.0792. The lowest BCUT2D eigenvalue weighted by atomic mass is 10.1. The van der Waals surface area contributed by atoms with Crippen LogP contribution in [0.2, 0.25) is 0 Å². The van der Waals surface area contributed by atoms with Gasteiger partial charge in [0.05, 0.1) is 0 Å². The molecule has 1 aliphatic heterocycles. The second kappa shape index (κ2) is 7.68. The van der Waals surface area contributed by atoms with Crippen molar-refractivity contribution in [1.29, 1.82) is 0 Å². The first-order chi connectivity index (χ1) is 13.6. The van der Waals surface area contributed by atoms with Crippen LogP contribution in [0.5, 0.6) is 0 Å². The van der Waals surface area contributed by atoms with Gasteiger partial charge in [-0.1, -0.05) is 35.5 Å². The summed E-state index contributed by atoms with van der Waals surface area (Å²) < 4.78 is 5.20. The smallest absolute Gasteiger partial charge is 0.294 e. The molecule has 0 bridgehead atoms. The molecule has 2 heterocycles. The van der Waals surface area contributed by atoms with Gasteiger partial charge in [0.25, 0.3) is 11.8 Å². The minimum atomic E-state index is -0.378. The fourth-order valence-electron chi connectivity index (χ4n) is 3.35. The quantitative estimate of drug-likeness (QED) is 0.744. The molecule has 1 aliphatic rings. The standard InChI is InChI=1S/C22H21N3O3/c1-15-13-17(22(27)25-11-5-6-12-25)9-10-18(15)23-21(26)20-14-19(24-28-20)16-7-3-2-4-8-16/h2-4,7-10,13-14H,5-6,11-12H2,1H3,(H,23,26). The second-order valence-electron chi connectivity index (χ2n) is 6.93. The third kappa shape index (κ3) is 3.67. The molecule has 28 heavy (non-hydrogen) atoms. The van der Waals surface area contributed by atoms with E-state index in [9.17, 15) is 9.59 Å². The number of hydrogen-bond donors (Lipinski definition) is 1. The van der Waals surface area contributed by atoms with Gasteiger partial charge in [0.1, 0.15) is 5.69 Å². The monoisotopic (exact) mass is 375 g/mol. The van der Waals surface area contributed by atoms with Crippen molar-refractivity contribution in [2.75, 3.05) is 18.4 Å². The van der Waals surface area contributed by atoms with Crippen LogP contribution >= 0.6 is 0 Å². The van der Waals surface area contributed by atoms with E-state index in [1.165, 1.54) is 0 Å². The maximum atomic E-state index is 12.5. The minimum absolute atomic E-state index is 0.0428. The molecule has 4 rings (SSSR count). The van der Waals surface area contributed by atoms with Gasteiger partial charge in [-0.2, -0.15) is 0 Å². The van der Waals surface area contributed by atoms with Crippen LogP contribution in [0.25, 0.3) is 11.3 Å². The Morgan fingerprint density at radius 3 is 2.50 bits per heavy atom. The van der Waals surface area contributed by atoms with Crippen molar-refractivity contribution in [3.8, 4) is 11.3 Å². The number of carbonyl (C=O) groups is 2. The number of hydrogen-bond acceptors (Lipinski definition) is 4. The van der Waals surface area contributed by atoms with Crippen LogP contribution in [0.3, 0.4) is 0 Å². The Morgan fingerprint density at radius 1 is 1.04 bits per heavy atom. The van der Waals surface area contributed by atoms with Gasteiger partial charge in [-0.25, -0.2) is 0 Å². The summed E-state index contributed by atoms with van der Waals surface area (Å²) in [4.78, 5) is 26.9. The Balaban J connectivity index is 1.47. The number of likely N-dealkylation sites (tertiary alicyclic amines) is 1. The molecule has 6 heteroatoms. The first-order valence-electron chi connectivity index (χ1n) is 9.35. The van der Waals surface area contributed by atoms with Gasteiger partial charge in [-0.15, -0.1) is 0 Å². The molecule has 0 aliphatic carbocycles. The summed E-state index contributed by atoms with van der Waals surface area (Å²) in [5.74, 6) is -0.201. The number of amides is 2. The number of aromatic nitrogens is 1. The van der Waals surface area contributed by atoms with E-state index in [0.717, 1.165) is 37.1 Å². The Hall–Kier alpha value is -3.41. The zero-order chi connectivity index (χ0) is 19.5. The van der Waals surface area contributed by atoms with Crippen LogP contribution in [0.4, 0.5) is 5.69 Å². The van der Waals surface area contributed by atoms with Crippen LogP contribution < -0.4 is 5.32 Å². The van der Waals surface area contributed by atoms with Gasteiger partial charge < -0.3 is 14.7 Å². The molecule has 0 atom stereocenters. The van der Waals surface area contributed by atoms with E-state index in [-0.39, 0.29) is 17.6 Å². The van der Waals surface area contributed by atoms with Crippen molar-refractivity contribution in [2.45, 2.75) is 19.8 Å². The Morgan fingerprint density at radius 2 is 1.79 bits per heavy atom. The summed E-state index contributed by atoms with van der Waals surface area (Å²) in [5, 5.41) is 6.80. The Labute approximate surface area is 163 Å². The molecule has 1 saturated heterocycles. The highest BCUT2D eigenvalue weighted by atomic mass is 16.5. The molecule has 1 fully saturated rings. The van der Waals surface area contributed by atoms with E-state index >= 15 is 0 Å². The SMILES string of the molecule is Cc1cc(C(=O)N2CCCC2)ccc1NC(=O)c1cc(-c2ccccc2)no1. The zero-order valence-corrected chi connectivity index (χ0v) is 15.6. The van der Waals surface area contributed by atoms with E-state index in [1.807, 2.05) is 48.2 Å². The normalized spacial score (nSPS) is 13.5. The molecule has 0 spiro atoms. The first kappa shape index (κ1) is 18.0. The minimum Gasteiger partial charge on any atom is -0.350 e. The molecule has 6 nitrogen and oxygen atoms in total. The highest BCUT2D eigenvalue weighted by Gasteiger charge is 2.20. The van der Waals surface area contributed by atoms with Crippen LogP contribution in [0.1, 0.15) is 39.3 Å². The van der Waals surface area contributed by atoms with Gasteiger partial charge in [0.2, 0.25) is 5.76 Å². The maximum Gasteiger partial charge on any atom is 0.294 e. The Bertz CT molecular complexity index is 1000. The summed E-state index contributed by atoms with van der Waals surface area (Å²) in [6.45, 7) is 3.49. The van der Waals surface area contributed by atoms with E-state index in [4.69, 9.17) is 4.52 Å². The van der Waals surface area contributed by atoms with Gasteiger partial charge in [-0.3, -0.25) is 9.59 Å². The lowest BCUT2D eigenvalue weighted by Gasteiger charge is -2.16. The molecule has 3 aromatic rings. The number of carbonyl (C=O) groups excluding carboxylic acids is 2. The fraction of sp³-hybridized carbons (Fsp3) is 0.227. The predicted molar refractivity (Wildman–Crippen MR) is 106 cm³/mol. The topological polar surface area (TPSA) is 75.4 Å². The Kier molecular flexibility index (Phi) is 4.93. The van der Waals surface area contributed by atoms with Gasteiger partial charge in [0.15, 0.2) is 0 Å². The summed E-state index contributed by atoms with van der Waals surface area (Å²) in [6, 6.07) is 16.5. The van der Waals surface area contributed by atoms with Crippen molar-refractivity contribution >= 4 is 17.5 Å². The number of aryl methyl sites for hydroxylation is 1. The predicted octanol–water partition coefficient (Wildman–Crippen LogP) is 4.14. The first-order valence-corrected chi connectivity index (χ1v) is 9.35. The van der Waals surface area contributed by atoms with E-state index < -0.39 is 0 Å². The molecule has 1 N–H and O–H groups in total. The van der Waals surface area contributed by atoms with Crippen molar-refractivity contribution in [1.82, 2.24) is 10.1 Å². The van der Waals surface area contributed by atoms with Crippen molar-refractivity contribution in [3.05, 3.63) is 71.5 Å². The highest BCUT2D eigenvalue weighted by molar-refractivity contribution is 6.03. The van der Waals surface area contributed by atoms with E-state index in [2.05, 4.69) is 10.5 Å². The molecule has 142 valence electrons. The van der Waals surface area contributed by atoms with Gasteiger partial charge >= 0.3 is 0 Å². The molecule has 0 unspecified atom stereocenters. The molecule has 1 aromatic heterocycles. The maximum absolute atomic E-state index is 12.5. The number of nitrogens with one attached hydrogen (secondary N) is 1. The third-order valence-electron chi connectivity index (χ3n) is 4.92. The summed E-state index contributed by atoms with van der Waals surface area (Å²) in [7, 11) is 0. The van der Waals surface area contributed by atoms with Crippen LogP contribution in [-0.4, -0.2) is 35.0 Å². The number of anilines is 1. The molecular formula is C22H21N3O3.